The first-order chi connectivity index (χ1) is 9.29. The Bertz CT molecular complexity index is 457. The summed E-state index contributed by atoms with van der Waals surface area (Å²) in [5.74, 6) is 0.157. The van der Waals surface area contributed by atoms with Crippen molar-refractivity contribution in [3.63, 3.8) is 0 Å². The fourth-order valence-electron chi connectivity index (χ4n) is 3.04. The number of benzene rings is 1. The van der Waals surface area contributed by atoms with Crippen LogP contribution in [0, 0.1) is 0 Å². The van der Waals surface area contributed by atoms with Crippen LogP contribution in [0.15, 0.2) is 24.3 Å². The van der Waals surface area contributed by atoms with E-state index in [1.807, 2.05) is 14.1 Å². The Kier molecular flexibility index (Phi) is 4.39. The molecule has 0 aromatic heterocycles. The zero-order valence-electron chi connectivity index (χ0n) is 11.8. The van der Waals surface area contributed by atoms with Gasteiger partial charge < -0.3 is 10.6 Å². The summed E-state index contributed by atoms with van der Waals surface area (Å²) in [5.41, 5.74) is 6.31. The molecule has 5 heteroatoms. The number of alkyl halides is 3. The average Bonchev–Trinajstić information content (AvgIpc) is 2.38. The molecule has 1 aliphatic rings. The number of hydrogen-bond donors (Lipinski definition) is 1. The molecule has 1 aromatic carbocycles. The lowest BCUT2D eigenvalue weighted by Crippen LogP contribution is -2.47. The highest BCUT2D eigenvalue weighted by Crippen LogP contribution is 2.37. The van der Waals surface area contributed by atoms with Crippen LogP contribution in [0.2, 0.25) is 0 Å². The van der Waals surface area contributed by atoms with Crippen LogP contribution in [0.3, 0.4) is 0 Å². The van der Waals surface area contributed by atoms with Crippen molar-refractivity contribution in [1.29, 1.82) is 0 Å². The third-order valence-electron chi connectivity index (χ3n) is 4.22. The summed E-state index contributed by atoms with van der Waals surface area (Å²) in [6, 6.07) is 6.03. The maximum Gasteiger partial charge on any atom is 0.416 e. The van der Waals surface area contributed by atoms with Crippen molar-refractivity contribution < 1.29 is 13.2 Å². The van der Waals surface area contributed by atoms with Crippen molar-refractivity contribution >= 4 is 0 Å². The lowest BCUT2D eigenvalue weighted by atomic mass is 9.78. The van der Waals surface area contributed by atoms with Gasteiger partial charge in [0, 0.05) is 12.1 Å². The van der Waals surface area contributed by atoms with Gasteiger partial charge in [0.1, 0.15) is 0 Å². The van der Waals surface area contributed by atoms with Gasteiger partial charge in [-0.15, -0.1) is 0 Å². The molecular weight excluding hydrogens is 265 g/mol. The van der Waals surface area contributed by atoms with Crippen LogP contribution in [0.5, 0.6) is 0 Å². The summed E-state index contributed by atoms with van der Waals surface area (Å²) < 4.78 is 38.3. The standard InChI is InChI=1S/C15H21F3N2/c1-20(2)14-9-11(6-7-13(14)19)10-4-3-5-12(8-10)15(16,17)18/h3-5,8,11,13-14H,6-7,9,19H2,1-2H3/t11-,13+,14?/m1/s1. The van der Waals surface area contributed by atoms with E-state index >= 15 is 0 Å². The molecule has 1 fully saturated rings. The molecule has 2 rings (SSSR count). The molecule has 0 bridgehead atoms. The fraction of sp³-hybridized carbons (Fsp3) is 0.600. The number of likely N-dealkylation sites (N-methyl/N-ethyl adjacent to an activating group) is 1. The predicted octanol–water partition coefficient (Wildman–Crippen LogP) is 3.23. The molecular formula is C15H21F3N2. The van der Waals surface area contributed by atoms with Crippen LogP contribution >= 0.6 is 0 Å². The highest BCUT2D eigenvalue weighted by Gasteiger charge is 2.33. The van der Waals surface area contributed by atoms with Crippen molar-refractivity contribution in [3.05, 3.63) is 35.4 Å². The summed E-state index contributed by atoms with van der Waals surface area (Å²) in [4.78, 5) is 2.07. The lowest BCUT2D eigenvalue weighted by molar-refractivity contribution is -0.137. The Hall–Kier alpha value is -1.07. The van der Waals surface area contributed by atoms with Gasteiger partial charge in [-0.2, -0.15) is 13.2 Å². The summed E-state index contributed by atoms with van der Waals surface area (Å²) in [7, 11) is 3.94. The first kappa shape index (κ1) is 15.3. The van der Waals surface area contributed by atoms with Gasteiger partial charge in [-0.05, 0) is 50.9 Å². The zero-order valence-corrected chi connectivity index (χ0v) is 11.8. The lowest BCUT2D eigenvalue weighted by Gasteiger charge is -2.38. The van der Waals surface area contributed by atoms with Crippen LogP contribution in [-0.4, -0.2) is 31.1 Å². The topological polar surface area (TPSA) is 29.3 Å². The molecule has 20 heavy (non-hydrogen) atoms. The molecule has 1 aromatic rings. The molecule has 2 N–H and O–H groups in total. The second-order valence-corrected chi connectivity index (χ2v) is 5.83. The first-order valence-electron chi connectivity index (χ1n) is 6.88. The number of rotatable bonds is 2. The van der Waals surface area contributed by atoms with Crippen molar-refractivity contribution in [2.45, 2.75) is 43.4 Å². The fourth-order valence-corrected chi connectivity index (χ4v) is 3.04. The molecule has 0 saturated heterocycles. The number of halogens is 3. The molecule has 0 spiro atoms. The van der Waals surface area contributed by atoms with Gasteiger partial charge in [0.15, 0.2) is 0 Å². The normalized spacial score (nSPS) is 27.9. The quantitative estimate of drug-likeness (QED) is 0.904. The van der Waals surface area contributed by atoms with E-state index in [0.29, 0.717) is 0 Å². The van der Waals surface area contributed by atoms with Crippen LogP contribution in [-0.2, 0) is 6.18 Å². The summed E-state index contributed by atoms with van der Waals surface area (Å²) >= 11 is 0. The van der Waals surface area contributed by atoms with Gasteiger partial charge >= 0.3 is 6.18 Å². The van der Waals surface area contributed by atoms with Crippen LogP contribution < -0.4 is 5.73 Å². The van der Waals surface area contributed by atoms with E-state index in [0.717, 1.165) is 30.9 Å². The minimum atomic E-state index is -4.28. The van der Waals surface area contributed by atoms with Gasteiger partial charge in [0.05, 0.1) is 5.56 Å². The van der Waals surface area contributed by atoms with Crippen molar-refractivity contribution in [2.75, 3.05) is 14.1 Å². The largest absolute Gasteiger partial charge is 0.416 e. The van der Waals surface area contributed by atoms with Gasteiger partial charge in [0.2, 0.25) is 0 Å². The Morgan fingerprint density at radius 3 is 2.50 bits per heavy atom. The van der Waals surface area contributed by atoms with Crippen molar-refractivity contribution in [1.82, 2.24) is 4.90 Å². The van der Waals surface area contributed by atoms with E-state index < -0.39 is 11.7 Å². The molecule has 1 aliphatic carbocycles. The smallest absolute Gasteiger partial charge is 0.326 e. The number of nitrogens with two attached hydrogens (primary N) is 1. The van der Waals surface area contributed by atoms with Gasteiger partial charge in [-0.25, -0.2) is 0 Å². The minimum Gasteiger partial charge on any atom is -0.326 e. The van der Waals surface area contributed by atoms with Crippen LogP contribution in [0.4, 0.5) is 13.2 Å². The van der Waals surface area contributed by atoms with Gasteiger partial charge in [0.25, 0.3) is 0 Å². The number of nitrogens with zero attached hydrogens (tertiary/aromatic N) is 1. The van der Waals surface area contributed by atoms with E-state index in [2.05, 4.69) is 4.90 Å². The van der Waals surface area contributed by atoms with Gasteiger partial charge in [-0.1, -0.05) is 18.2 Å². The molecule has 0 heterocycles. The number of hydrogen-bond acceptors (Lipinski definition) is 2. The summed E-state index contributed by atoms with van der Waals surface area (Å²) in [6.07, 6.45) is -1.76. The van der Waals surface area contributed by atoms with Crippen molar-refractivity contribution in [2.24, 2.45) is 5.73 Å². The summed E-state index contributed by atoms with van der Waals surface area (Å²) in [6.45, 7) is 0. The average molecular weight is 286 g/mol. The van der Waals surface area contributed by atoms with E-state index in [4.69, 9.17) is 5.73 Å². The van der Waals surface area contributed by atoms with Crippen LogP contribution in [0.25, 0.3) is 0 Å². The Morgan fingerprint density at radius 1 is 1.20 bits per heavy atom. The second kappa shape index (κ2) is 5.74. The Balaban J connectivity index is 2.20. The maximum absolute atomic E-state index is 12.8. The highest BCUT2D eigenvalue weighted by molar-refractivity contribution is 5.29. The molecule has 0 aliphatic heterocycles. The van der Waals surface area contributed by atoms with Crippen molar-refractivity contribution in [3.8, 4) is 0 Å². The molecule has 0 amide bonds. The van der Waals surface area contributed by atoms with Crippen LogP contribution in [0.1, 0.15) is 36.3 Å². The Morgan fingerprint density at radius 2 is 1.90 bits per heavy atom. The minimum absolute atomic E-state index is 0.104. The third kappa shape index (κ3) is 3.33. The monoisotopic (exact) mass is 286 g/mol. The van der Waals surface area contributed by atoms with E-state index in [1.54, 1.807) is 6.07 Å². The van der Waals surface area contributed by atoms with E-state index in [-0.39, 0.29) is 18.0 Å². The third-order valence-corrected chi connectivity index (χ3v) is 4.22. The molecule has 0 radical (unpaired) electrons. The summed E-state index contributed by atoms with van der Waals surface area (Å²) in [5, 5.41) is 0. The van der Waals surface area contributed by atoms with Gasteiger partial charge in [-0.3, -0.25) is 0 Å². The van der Waals surface area contributed by atoms with E-state index in [9.17, 15) is 13.2 Å². The zero-order chi connectivity index (χ0) is 14.9. The molecule has 2 nitrogen and oxygen atoms in total. The maximum atomic E-state index is 12.8. The molecule has 1 saturated carbocycles. The predicted molar refractivity (Wildman–Crippen MR) is 73.5 cm³/mol. The SMILES string of the molecule is CN(C)C1C[C@H](c2cccc(C(F)(F)F)c2)CC[C@@H]1N. The molecule has 1 unspecified atom stereocenters. The van der Waals surface area contributed by atoms with E-state index in [1.165, 1.54) is 12.1 Å². The second-order valence-electron chi connectivity index (χ2n) is 5.83. The Labute approximate surface area is 117 Å². The highest BCUT2D eigenvalue weighted by atomic mass is 19.4. The molecule has 3 atom stereocenters. The first-order valence-corrected chi connectivity index (χ1v) is 6.88. The molecule has 112 valence electrons.